The van der Waals surface area contributed by atoms with E-state index in [1.807, 2.05) is 18.2 Å². The largest absolute Gasteiger partial charge is 0.450 e. The van der Waals surface area contributed by atoms with E-state index < -0.39 is 6.09 Å². The van der Waals surface area contributed by atoms with Crippen LogP contribution in [-0.2, 0) is 11.2 Å². The Morgan fingerprint density at radius 2 is 2.06 bits per heavy atom. The zero-order valence-corrected chi connectivity index (χ0v) is 11.3. The van der Waals surface area contributed by atoms with Crippen LogP contribution >= 0.6 is 12.2 Å². The molecule has 1 aromatic carbocycles. The highest BCUT2D eigenvalue weighted by Gasteiger charge is 2.02. The first kappa shape index (κ1) is 14.4. The van der Waals surface area contributed by atoms with Gasteiger partial charge in [0.25, 0.3) is 0 Å². The summed E-state index contributed by atoms with van der Waals surface area (Å²) in [5.41, 5.74) is 1.29. The Balaban J connectivity index is 2.11. The molecule has 0 aliphatic carbocycles. The van der Waals surface area contributed by atoms with Crippen molar-refractivity contribution in [2.45, 2.75) is 19.8 Å². The highest BCUT2D eigenvalue weighted by Crippen LogP contribution is 2.01. The molecule has 0 aliphatic rings. The summed E-state index contributed by atoms with van der Waals surface area (Å²) >= 11 is 4.95. The predicted octanol–water partition coefficient (Wildman–Crippen LogP) is 2.24. The van der Waals surface area contributed by atoms with Gasteiger partial charge in [0.1, 0.15) is 0 Å². The number of ether oxygens (including phenoxy) is 1. The molecule has 0 unspecified atom stereocenters. The summed E-state index contributed by atoms with van der Waals surface area (Å²) in [4.78, 5) is 11.0. The maximum absolute atomic E-state index is 11.0. The van der Waals surface area contributed by atoms with Crippen molar-refractivity contribution in [3.05, 3.63) is 35.9 Å². The van der Waals surface area contributed by atoms with Gasteiger partial charge in [-0.15, -0.1) is 0 Å². The second kappa shape index (κ2) is 8.47. The summed E-state index contributed by atoms with van der Waals surface area (Å²) in [5, 5.41) is 5.71. The van der Waals surface area contributed by atoms with Crippen molar-refractivity contribution in [2.75, 3.05) is 13.2 Å². The molecular weight excluding hydrogens is 248 g/mol. The van der Waals surface area contributed by atoms with Gasteiger partial charge in [0.05, 0.1) is 6.61 Å². The number of hydrogen-bond acceptors (Lipinski definition) is 3. The number of carbonyl (C=O) groups is 1. The van der Waals surface area contributed by atoms with E-state index in [4.69, 9.17) is 17.0 Å². The minimum Gasteiger partial charge on any atom is -0.450 e. The van der Waals surface area contributed by atoms with Crippen LogP contribution in [-0.4, -0.2) is 24.4 Å². The predicted molar refractivity (Wildman–Crippen MR) is 75.5 cm³/mol. The maximum Gasteiger partial charge on any atom is 0.413 e. The van der Waals surface area contributed by atoms with Gasteiger partial charge in [-0.05, 0) is 37.5 Å². The topological polar surface area (TPSA) is 50.4 Å². The van der Waals surface area contributed by atoms with Gasteiger partial charge < -0.3 is 10.1 Å². The third kappa shape index (κ3) is 6.20. The van der Waals surface area contributed by atoms with Gasteiger partial charge in [0.15, 0.2) is 5.11 Å². The number of benzene rings is 1. The van der Waals surface area contributed by atoms with E-state index in [0.717, 1.165) is 19.4 Å². The van der Waals surface area contributed by atoms with Crippen LogP contribution in [0, 0.1) is 0 Å². The molecule has 0 spiro atoms. The normalized spacial score (nSPS) is 9.61. The second-order valence-corrected chi connectivity index (χ2v) is 4.10. The summed E-state index contributed by atoms with van der Waals surface area (Å²) in [7, 11) is 0. The number of aryl methyl sites for hydroxylation is 1. The lowest BCUT2D eigenvalue weighted by Gasteiger charge is -2.09. The van der Waals surface area contributed by atoms with E-state index in [0.29, 0.717) is 11.7 Å². The molecule has 1 rings (SSSR count). The first-order valence-corrected chi connectivity index (χ1v) is 6.38. The van der Waals surface area contributed by atoms with Crippen molar-refractivity contribution in [2.24, 2.45) is 0 Å². The van der Waals surface area contributed by atoms with Crippen molar-refractivity contribution in [3.63, 3.8) is 0 Å². The molecule has 0 atom stereocenters. The first-order chi connectivity index (χ1) is 8.72. The van der Waals surface area contributed by atoms with E-state index in [-0.39, 0.29) is 0 Å². The molecule has 0 heterocycles. The highest BCUT2D eigenvalue weighted by atomic mass is 32.1. The Morgan fingerprint density at radius 1 is 1.33 bits per heavy atom. The molecule has 0 radical (unpaired) electrons. The van der Waals surface area contributed by atoms with Crippen LogP contribution in [0.1, 0.15) is 18.9 Å². The standard InChI is InChI=1S/C13H18N2O2S/c1-2-17-13(16)15-12(18)14-10-6-9-11-7-4-3-5-8-11/h3-5,7-8H,2,6,9-10H2,1H3,(H2,14,15,16,18). The number of rotatable bonds is 5. The summed E-state index contributed by atoms with van der Waals surface area (Å²) < 4.78 is 4.71. The van der Waals surface area contributed by atoms with Crippen LogP contribution in [0.15, 0.2) is 30.3 Å². The molecule has 0 fully saturated rings. The molecule has 1 aromatic rings. The van der Waals surface area contributed by atoms with Crippen molar-refractivity contribution >= 4 is 23.4 Å². The molecule has 0 saturated heterocycles. The second-order valence-electron chi connectivity index (χ2n) is 3.69. The Bertz CT molecular complexity index is 382. The lowest BCUT2D eigenvalue weighted by molar-refractivity contribution is 0.157. The molecule has 18 heavy (non-hydrogen) atoms. The van der Waals surface area contributed by atoms with Gasteiger partial charge in [-0.1, -0.05) is 30.3 Å². The van der Waals surface area contributed by atoms with E-state index >= 15 is 0 Å². The van der Waals surface area contributed by atoms with Gasteiger partial charge in [0, 0.05) is 6.54 Å². The SMILES string of the molecule is CCOC(=O)NC(=S)NCCCc1ccccc1. The van der Waals surface area contributed by atoms with Gasteiger partial charge in [0.2, 0.25) is 0 Å². The molecule has 0 bridgehead atoms. The number of thiocarbonyl (C=S) groups is 1. The Hall–Kier alpha value is -1.62. The van der Waals surface area contributed by atoms with Crippen LogP contribution < -0.4 is 10.6 Å². The van der Waals surface area contributed by atoms with Crippen LogP contribution in [0.3, 0.4) is 0 Å². The van der Waals surface area contributed by atoms with Gasteiger partial charge in [-0.3, -0.25) is 5.32 Å². The molecule has 4 nitrogen and oxygen atoms in total. The van der Waals surface area contributed by atoms with E-state index in [1.165, 1.54) is 5.56 Å². The van der Waals surface area contributed by atoms with Crippen molar-refractivity contribution in [1.29, 1.82) is 0 Å². The number of amides is 1. The molecule has 0 aromatic heterocycles. The molecule has 5 heteroatoms. The van der Waals surface area contributed by atoms with Crippen molar-refractivity contribution in [3.8, 4) is 0 Å². The highest BCUT2D eigenvalue weighted by molar-refractivity contribution is 7.80. The lowest BCUT2D eigenvalue weighted by atomic mass is 10.1. The van der Waals surface area contributed by atoms with Crippen LogP contribution in [0.4, 0.5) is 4.79 Å². The fourth-order valence-electron chi connectivity index (χ4n) is 1.44. The zero-order valence-electron chi connectivity index (χ0n) is 10.4. The fraction of sp³-hybridized carbons (Fsp3) is 0.385. The van der Waals surface area contributed by atoms with Crippen LogP contribution in [0.5, 0.6) is 0 Å². The Labute approximate surface area is 113 Å². The lowest BCUT2D eigenvalue weighted by Crippen LogP contribution is -2.39. The summed E-state index contributed by atoms with van der Waals surface area (Å²) in [6, 6.07) is 10.2. The minimum absolute atomic E-state index is 0.307. The number of nitrogens with one attached hydrogen (secondary N) is 2. The van der Waals surface area contributed by atoms with Gasteiger partial charge >= 0.3 is 6.09 Å². The number of carbonyl (C=O) groups excluding carboxylic acids is 1. The van der Waals surface area contributed by atoms with Crippen LogP contribution in [0.2, 0.25) is 0 Å². The van der Waals surface area contributed by atoms with Crippen LogP contribution in [0.25, 0.3) is 0 Å². The minimum atomic E-state index is -0.516. The molecule has 2 N–H and O–H groups in total. The van der Waals surface area contributed by atoms with E-state index in [9.17, 15) is 4.79 Å². The van der Waals surface area contributed by atoms with Gasteiger partial charge in [-0.25, -0.2) is 4.79 Å². The number of hydrogen-bond donors (Lipinski definition) is 2. The maximum atomic E-state index is 11.0. The fourth-order valence-corrected chi connectivity index (χ4v) is 1.63. The van der Waals surface area contributed by atoms with Gasteiger partial charge in [-0.2, -0.15) is 0 Å². The summed E-state index contributed by atoms with van der Waals surface area (Å²) in [6.07, 6.45) is 1.42. The third-order valence-electron chi connectivity index (χ3n) is 2.26. The first-order valence-electron chi connectivity index (χ1n) is 5.98. The molecule has 98 valence electrons. The Kier molecular flexibility index (Phi) is 6.79. The van der Waals surface area contributed by atoms with E-state index in [2.05, 4.69) is 22.8 Å². The zero-order chi connectivity index (χ0) is 13.2. The summed E-state index contributed by atoms with van der Waals surface area (Å²) in [5.74, 6) is 0. The average Bonchev–Trinajstić information content (AvgIpc) is 2.36. The summed E-state index contributed by atoms with van der Waals surface area (Å²) in [6.45, 7) is 2.80. The van der Waals surface area contributed by atoms with E-state index in [1.54, 1.807) is 6.92 Å². The third-order valence-corrected chi connectivity index (χ3v) is 2.51. The van der Waals surface area contributed by atoms with Crippen molar-refractivity contribution in [1.82, 2.24) is 10.6 Å². The molecule has 0 aliphatic heterocycles. The average molecular weight is 266 g/mol. The number of alkyl carbamates (subject to hydrolysis) is 1. The molecule has 1 amide bonds. The quantitative estimate of drug-likeness (QED) is 0.634. The molecule has 0 saturated carbocycles. The molecular formula is C13H18N2O2S. The Morgan fingerprint density at radius 3 is 2.72 bits per heavy atom. The van der Waals surface area contributed by atoms with Crippen molar-refractivity contribution < 1.29 is 9.53 Å². The smallest absolute Gasteiger partial charge is 0.413 e. The monoisotopic (exact) mass is 266 g/mol.